The van der Waals surface area contributed by atoms with Gasteiger partial charge in [-0.3, -0.25) is 14.2 Å². The van der Waals surface area contributed by atoms with Crippen LogP contribution < -0.4 is 10.9 Å². The lowest BCUT2D eigenvalue weighted by atomic mass is 10.1. The third kappa shape index (κ3) is 3.73. The molecule has 0 aliphatic heterocycles. The molecule has 0 fully saturated rings. The van der Waals surface area contributed by atoms with E-state index in [9.17, 15) is 9.59 Å². The molecule has 0 aliphatic rings. The summed E-state index contributed by atoms with van der Waals surface area (Å²) in [6.45, 7) is 5.88. The third-order valence-electron chi connectivity index (χ3n) is 4.92. The number of fused-ring (bicyclic) bond motifs is 3. The van der Waals surface area contributed by atoms with Crippen LogP contribution in [0.3, 0.4) is 0 Å². The van der Waals surface area contributed by atoms with E-state index in [2.05, 4.69) is 12.2 Å². The predicted molar refractivity (Wildman–Crippen MR) is 121 cm³/mol. The van der Waals surface area contributed by atoms with Crippen molar-refractivity contribution < 1.29 is 9.21 Å². The lowest BCUT2D eigenvalue weighted by molar-refractivity contribution is -0.113. The number of aryl methyl sites for hydroxylation is 1. The quantitative estimate of drug-likeness (QED) is 0.349. The number of para-hydroxylation sites is 2. The summed E-state index contributed by atoms with van der Waals surface area (Å²) in [6.07, 6.45) is 0.836. The molecule has 0 aliphatic carbocycles. The first-order chi connectivity index (χ1) is 14.5. The third-order valence-corrected chi connectivity index (χ3v) is 5.87. The van der Waals surface area contributed by atoms with Crippen LogP contribution in [0.25, 0.3) is 22.1 Å². The summed E-state index contributed by atoms with van der Waals surface area (Å²) in [6, 6.07) is 15.1. The van der Waals surface area contributed by atoms with Gasteiger partial charge in [0.25, 0.3) is 5.56 Å². The van der Waals surface area contributed by atoms with Gasteiger partial charge in [0.1, 0.15) is 11.1 Å². The molecule has 0 saturated carbocycles. The molecule has 4 rings (SSSR count). The van der Waals surface area contributed by atoms with Gasteiger partial charge in [-0.25, -0.2) is 4.98 Å². The van der Waals surface area contributed by atoms with E-state index in [0.717, 1.165) is 23.1 Å². The minimum absolute atomic E-state index is 0.117. The fourth-order valence-corrected chi connectivity index (χ4v) is 4.38. The molecule has 30 heavy (non-hydrogen) atoms. The standard InChI is InChI=1S/C23H23N3O3S/c1-4-15-9-5-7-11-17(15)24-19(27)13-30-23-25-20-16-10-6-8-12-18(16)29-21(20)22(28)26(23)14(2)3/h5-12,14H,4,13H2,1-3H3,(H,24,27). The number of benzene rings is 2. The van der Waals surface area contributed by atoms with Gasteiger partial charge in [-0.15, -0.1) is 0 Å². The van der Waals surface area contributed by atoms with Gasteiger partial charge in [0.15, 0.2) is 5.16 Å². The second-order valence-electron chi connectivity index (χ2n) is 7.29. The van der Waals surface area contributed by atoms with Crippen LogP contribution in [0.15, 0.2) is 62.9 Å². The van der Waals surface area contributed by atoms with E-state index in [-0.39, 0.29) is 28.8 Å². The lowest BCUT2D eigenvalue weighted by Crippen LogP contribution is -2.25. The van der Waals surface area contributed by atoms with Crippen molar-refractivity contribution in [3.8, 4) is 0 Å². The summed E-state index contributed by atoms with van der Waals surface area (Å²) in [4.78, 5) is 30.4. The van der Waals surface area contributed by atoms with E-state index < -0.39 is 0 Å². The van der Waals surface area contributed by atoms with Crippen LogP contribution in [-0.2, 0) is 11.2 Å². The summed E-state index contributed by atoms with van der Waals surface area (Å²) >= 11 is 1.26. The molecular weight excluding hydrogens is 398 g/mol. The molecule has 0 bridgehead atoms. The number of furan rings is 1. The van der Waals surface area contributed by atoms with Crippen molar-refractivity contribution in [3.05, 3.63) is 64.4 Å². The monoisotopic (exact) mass is 421 g/mol. The fraction of sp³-hybridized carbons (Fsp3) is 0.261. The molecule has 2 aromatic heterocycles. The zero-order valence-electron chi connectivity index (χ0n) is 17.1. The van der Waals surface area contributed by atoms with E-state index in [1.807, 2.05) is 62.4 Å². The van der Waals surface area contributed by atoms with Crippen molar-refractivity contribution in [2.45, 2.75) is 38.4 Å². The number of amides is 1. The van der Waals surface area contributed by atoms with Crippen LogP contribution in [0.2, 0.25) is 0 Å². The number of rotatable bonds is 6. The molecule has 1 amide bonds. The van der Waals surface area contributed by atoms with E-state index in [4.69, 9.17) is 9.40 Å². The smallest absolute Gasteiger partial charge is 0.298 e. The molecule has 4 aromatic rings. The second kappa shape index (κ2) is 8.36. The van der Waals surface area contributed by atoms with E-state index in [0.29, 0.717) is 16.3 Å². The van der Waals surface area contributed by atoms with Crippen LogP contribution in [0.1, 0.15) is 32.4 Å². The zero-order valence-corrected chi connectivity index (χ0v) is 18.0. The molecule has 0 saturated heterocycles. The van der Waals surface area contributed by atoms with Gasteiger partial charge < -0.3 is 9.73 Å². The Morgan fingerprint density at radius 1 is 1.17 bits per heavy atom. The summed E-state index contributed by atoms with van der Waals surface area (Å²) in [5.41, 5.74) is 3.08. The highest BCUT2D eigenvalue weighted by molar-refractivity contribution is 7.99. The largest absolute Gasteiger partial charge is 0.448 e. The number of carbonyl (C=O) groups excluding carboxylic acids is 1. The van der Waals surface area contributed by atoms with E-state index >= 15 is 0 Å². The molecule has 6 nitrogen and oxygen atoms in total. The number of carbonyl (C=O) groups is 1. The molecule has 2 heterocycles. The number of nitrogens with one attached hydrogen (secondary N) is 1. The van der Waals surface area contributed by atoms with Gasteiger partial charge in [-0.1, -0.05) is 49.0 Å². The maximum atomic E-state index is 13.1. The van der Waals surface area contributed by atoms with Crippen molar-refractivity contribution in [3.63, 3.8) is 0 Å². The van der Waals surface area contributed by atoms with Crippen molar-refractivity contribution in [2.75, 3.05) is 11.1 Å². The maximum absolute atomic E-state index is 13.1. The molecule has 154 valence electrons. The normalized spacial score (nSPS) is 11.5. The highest BCUT2D eigenvalue weighted by Gasteiger charge is 2.20. The minimum atomic E-state index is -0.231. The molecule has 0 spiro atoms. The highest BCUT2D eigenvalue weighted by Crippen LogP contribution is 2.28. The van der Waals surface area contributed by atoms with Crippen LogP contribution in [-0.4, -0.2) is 21.2 Å². The zero-order chi connectivity index (χ0) is 21.3. The van der Waals surface area contributed by atoms with Crippen molar-refractivity contribution in [1.29, 1.82) is 0 Å². The first-order valence-corrected chi connectivity index (χ1v) is 10.9. The van der Waals surface area contributed by atoms with E-state index in [1.165, 1.54) is 11.8 Å². The first-order valence-electron chi connectivity index (χ1n) is 9.94. The fourth-order valence-electron chi connectivity index (χ4n) is 3.46. The summed E-state index contributed by atoms with van der Waals surface area (Å²) < 4.78 is 7.36. The van der Waals surface area contributed by atoms with Gasteiger partial charge in [0.05, 0.1) is 5.75 Å². The highest BCUT2D eigenvalue weighted by atomic mass is 32.2. The van der Waals surface area contributed by atoms with Crippen LogP contribution in [0.4, 0.5) is 5.69 Å². The first kappa shape index (κ1) is 20.2. The molecule has 7 heteroatoms. The van der Waals surface area contributed by atoms with Gasteiger partial charge >= 0.3 is 0 Å². The Morgan fingerprint density at radius 3 is 2.67 bits per heavy atom. The number of hydrogen-bond donors (Lipinski definition) is 1. The van der Waals surface area contributed by atoms with Crippen LogP contribution in [0, 0.1) is 0 Å². The second-order valence-corrected chi connectivity index (χ2v) is 8.23. The predicted octanol–water partition coefficient (Wildman–Crippen LogP) is 5.02. The molecule has 2 aromatic carbocycles. The van der Waals surface area contributed by atoms with Gasteiger partial charge in [0.2, 0.25) is 11.5 Å². The summed E-state index contributed by atoms with van der Waals surface area (Å²) in [7, 11) is 0. The number of nitrogens with zero attached hydrogens (tertiary/aromatic N) is 2. The summed E-state index contributed by atoms with van der Waals surface area (Å²) in [5.74, 6) is 0.0148. The van der Waals surface area contributed by atoms with Crippen LogP contribution >= 0.6 is 11.8 Å². The molecule has 0 unspecified atom stereocenters. The molecule has 0 atom stereocenters. The lowest BCUT2D eigenvalue weighted by Gasteiger charge is -2.15. The van der Waals surface area contributed by atoms with Gasteiger partial charge in [-0.2, -0.15) is 0 Å². The molecule has 1 N–H and O–H groups in total. The Morgan fingerprint density at radius 2 is 1.90 bits per heavy atom. The van der Waals surface area contributed by atoms with E-state index in [1.54, 1.807) is 4.57 Å². The van der Waals surface area contributed by atoms with Crippen molar-refractivity contribution >= 4 is 45.4 Å². The number of anilines is 1. The molecule has 0 radical (unpaired) electrons. The molecular formula is C23H23N3O3S. The van der Waals surface area contributed by atoms with Gasteiger partial charge in [-0.05, 0) is 44.0 Å². The Balaban J connectivity index is 1.66. The summed E-state index contributed by atoms with van der Waals surface area (Å²) in [5, 5.41) is 4.27. The number of hydrogen-bond acceptors (Lipinski definition) is 5. The Kier molecular flexibility index (Phi) is 5.63. The van der Waals surface area contributed by atoms with Crippen molar-refractivity contribution in [1.82, 2.24) is 9.55 Å². The Hall–Kier alpha value is -3.06. The van der Waals surface area contributed by atoms with Gasteiger partial charge in [0, 0.05) is 17.1 Å². The number of thioether (sulfide) groups is 1. The maximum Gasteiger partial charge on any atom is 0.298 e. The number of aromatic nitrogens is 2. The minimum Gasteiger partial charge on any atom is -0.448 e. The average Bonchev–Trinajstić information content (AvgIpc) is 3.11. The SMILES string of the molecule is CCc1ccccc1NC(=O)CSc1nc2c(oc3ccccc32)c(=O)n1C(C)C. The average molecular weight is 422 g/mol. The van der Waals surface area contributed by atoms with Crippen molar-refractivity contribution in [2.24, 2.45) is 0 Å². The topological polar surface area (TPSA) is 77.1 Å². The van der Waals surface area contributed by atoms with Crippen LogP contribution in [0.5, 0.6) is 0 Å². The Bertz CT molecular complexity index is 1290. The Labute approximate surface area is 178 Å².